The summed E-state index contributed by atoms with van der Waals surface area (Å²) in [5.74, 6) is 0. The summed E-state index contributed by atoms with van der Waals surface area (Å²) >= 11 is 1.46. The van der Waals surface area contributed by atoms with Crippen LogP contribution in [0, 0.1) is 0 Å². The number of sulfone groups is 1. The average Bonchev–Trinajstić information content (AvgIpc) is 2.88. The van der Waals surface area contributed by atoms with E-state index in [4.69, 9.17) is 0 Å². The van der Waals surface area contributed by atoms with Crippen molar-refractivity contribution in [2.45, 2.75) is 4.90 Å². The first-order valence-electron chi connectivity index (χ1n) is 5.13. The maximum absolute atomic E-state index is 11.4. The third-order valence-electron chi connectivity index (χ3n) is 2.56. The number of hydrogen-bond donors (Lipinski definition) is 0. The smallest absolute Gasteiger partial charge is 0.212 e. The SMILES string of the molecule is CS(=O)(=O)c1ccc(-c2cn3ncsc3n2)cc1. The Hall–Kier alpha value is -1.73. The zero-order chi connectivity index (χ0) is 12.8. The van der Waals surface area contributed by atoms with Gasteiger partial charge in [-0.05, 0) is 12.1 Å². The van der Waals surface area contributed by atoms with Gasteiger partial charge in [-0.3, -0.25) is 0 Å². The monoisotopic (exact) mass is 279 g/mol. The Kier molecular flexibility index (Phi) is 2.46. The lowest BCUT2D eigenvalue weighted by molar-refractivity contribution is 0.602. The van der Waals surface area contributed by atoms with E-state index in [1.807, 2.05) is 6.20 Å². The Bertz CT molecular complexity index is 772. The molecule has 5 nitrogen and oxygen atoms in total. The summed E-state index contributed by atoms with van der Waals surface area (Å²) in [4.78, 5) is 5.53. The van der Waals surface area contributed by atoms with Crippen LogP contribution in [0.15, 0.2) is 40.9 Å². The molecule has 0 aliphatic carbocycles. The van der Waals surface area contributed by atoms with Gasteiger partial charge in [0.2, 0.25) is 4.96 Å². The summed E-state index contributed by atoms with van der Waals surface area (Å²) in [5, 5.41) is 4.10. The summed E-state index contributed by atoms with van der Waals surface area (Å²) in [5.41, 5.74) is 3.38. The number of imidazole rings is 1. The van der Waals surface area contributed by atoms with E-state index >= 15 is 0 Å². The molecule has 2 aromatic heterocycles. The Labute approximate surface area is 108 Å². The van der Waals surface area contributed by atoms with Crippen LogP contribution in [-0.4, -0.2) is 29.3 Å². The van der Waals surface area contributed by atoms with E-state index < -0.39 is 9.84 Å². The van der Waals surface area contributed by atoms with Gasteiger partial charge in [0.15, 0.2) is 9.84 Å². The second-order valence-corrected chi connectivity index (χ2v) is 6.72. The van der Waals surface area contributed by atoms with E-state index in [0.717, 1.165) is 16.2 Å². The van der Waals surface area contributed by atoms with Gasteiger partial charge in [0.05, 0.1) is 16.8 Å². The van der Waals surface area contributed by atoms with Crippen molar-refractivity contribution in [2.75, 3.05) is 6.26 Å². The quantitative estimate of drug-likeness (QED) is 0.718. The summed E-state index contributed by atoms with van der Waals surface area (Å²) in [6, 6.07) is 6.68. The highest BCUT2D eigenvalue weighted by Gasteiger charge is 2.09. The van der Waals surface area contributed by atoms with Crippen LogP contribution in [0.3, 0.4) is 0 Å². The van der Waals surface area contributed by atoms with E-state index in [-0.39, 0.29) is 0 Å². The number of fused-ring (bicyclic) bond motifs is 1. The minimum absolute atomic E-state index is 0.311. The van der Waals surface area contributed by atoms with Crippen LogP contribution < -0.4 is 0 Å². The van der Waals surface area contributed by atoms with Crippen LogP contribution in [0.25, 0.3) is 16.2 Å². The molecule has 0 aliphatic heterocycles. The zero-order valence-corrected chi connectivity index (χ0v) is 11.1. The van der Waals surface area contributed by atoms with Gasteiger partial charge >= 0.3 is 0 Å². The molecule has 0 saturated carbocycles. The molecular weight excluding hydrogens is 270 g/mol. The van der Waals surface area contributed by atoms with Crippen molar-refractivity contribution in [1.29, 1.82) is 0 Å². The first-order chi connectivity index (χ1) is 8.54. The standard InChI is InChI=1S/C11H9N3O2S2/c1-18(15,16)9-4-2-8(3-5-9)10-6-14-11(13-10)17-7-12-14/h2-7H,1H3. The fourth-order valence-electron chi connectivity index (χ4n) is 1.65. The van der Waals surface area contributed by atoms with Gasteiger partial charge in [0.1, 0.15) is 5.51 Å². The van der Waals surface area contributed by atoms with E-state index in [1.165, 1.54) is 17.6 Å². The van der Waals surface area contributed by atoms with E-state index in [2.05, 4.69) is 10.1 Å². The summed E-state index contributed by atoms with van der Waals surface area (Å²) < 4.78 is 24.4. The molecule has 0 amide bonds. The minimum Gasteiger partial charge on any atom is -0.224 e. The topological polar surface area (TPSA) is 64.3 Å². The lowest BCUT2D eigenvalue weighted by Crippen LogP contribution is -1.96. The molecule has 0 N–H and O–H groups in total. The molecule has 0 aliphatic rings. The van der Waals surface area contributed by atoms with Gasteiger partial charge in [0, 0.05) is 11.8 Å². The highest BCUT2D eigenvalue weighted by molar-refractivity contribution is 7.90. The van der Waals surface area contributed by atoms with Gasteiger partial charge in [-0.1, -0.05) is 23.5 Å². The lowest BCUT2D eigenvalue weighted by atomic mass is 10.2. The summed E-state index contributed by atoms with van der Waals surface area (Å²) in [6.45, 7) is 0. The molecule has 0 bridgehead atoms. The lowest BCUT2D eigenvalue weighted by Gasteiger charge is -1.99. The Balaban J connectivity index is 2.05. The molecule has 2 heterocycles. The predicted molar refractivity (Wildman–Crippen MR) is 69.4 cm³/mol. The molecule has 0 atom stereocenters. The van der Waals surface area contributed by atoms with Crippen molar-refractivity contribution < 1.29 is 8.42 Å². The largest absolute Gasteiger partial charge is 0.224 e. The van der Waals surface area contributed by atoms with Crippen LogP contribution in [-0.2, 0) is 9.84 Å². The van der Waals surface area contributed by atoms with Crippen molar-refractivity contribution in [1.82, 2.24) is 14.6 Å². The third-order valence-corrected chi connectivity index (χ3v) is 4.38. The molecule has 0 spiro atoms. The van der Waals surface area contributed by atoms with Crippen molar-refractivity contribution >= 4 is 26.1 Å². The molecule has 3 aromatic rings. The molecule has 0 radical (unpaired) electrons. The Morgan fingerprint density at radius 3 is 2.56 bits per heavy atom. The highest BCUT2D eigenvalue weighted by atomic mass is 32.2. The molecular formula is C11H9N3O2S2. The minimum atomic E-state index is -3.15. The highest BCUT2D eigenvalue weighted by Crippen LogP contribution is 2.22. The Morgan fingerprint density at radius 2 is 1.94 bits per heavy atom. The molecule has 0 saturated heterocycles. The fraction of sp³-hybridized carbons (Fsp3) is 0.0909. The number of rotatable bonds is 2. The van der Waals surface area contributed by atoms with Gasteiger partial charge in [-0.25, -0.2) is 17.9 Å². The zero-order valence-electron chi connectivity index (χ0n) is 9.44. The van der Waals surface area contributed by atoms with Gasteiger partial charge in [0.25, 0.3) is 0 Å². The number of hydrogen-bond acceptors (Lipinski definition) is 5. The third kappa shape index (κ3) is 1.91. The van der Waals surface area contributed by atoms with Crippen molar-refractivity contribution in [3.63, 3.8) is 0 Å². The van der Waals surface area contributed by atoms with Crippen LogP contribution in [0.2, 0.25) is 0 Å². The van der Waals surface area contributed by atoms with Gasteiger partial charge < -0.3 is 0 Å². The van der Waals surface area contributed by atoms with Gasteiger partial charge in [-0.2, -0.15) is 5.10 Å². The molecule has 7 heteroatoms. The van der Waals surface area contributed by atoms with E-state index in [0.29, 0.717) is 4.90 Å². The molecule has 1 aromatic carbocycles. The van der Waals surface area contributed by atoms with Crippen molar-refractivity contribution in [3.8, 4) is 11.3 Å². The fourth-order valence-corrected chi connectivity index (χ4v) is 2.88. The van der Waals surface area contributed by atoms with Crippen LogP contribution in [0.1, 0.15) is 0 Å². The van der Waals surface area contributed by atoms with Crippen molar-refractivity contribution in [2.24, 2.45) is 0 Å². The molecule has 0 unspecified atom stereocenters. The second kappa shape index (κ2) is 3.89. The maximum Gasteiger partial charge on any atom is 0.212 e. The van der Waals surface area contributed by atoms with Crippen LogP contribution in [0.4, 0.5) is 0 Å². The van der Waals surface area contributed by atoms with E-state index in [1.54, 1.807) is 34.3 Å². The molecule has 0 fully saturated rings. The van der Waals surface area contributed by atoms with Crippen molar-refractivity contribution in [3.05, 3.63) is 36.0 Å². The number of aromatic nitrogens is 3. The number of nitrogens with zero attached hydrogens (tertiary/aromatic N) is 3. The number of benzene rings is 1. The maximum atomic E-state index is 11.4. The van der Waals surface area contributed by atoms with Gasteiger partial charge in [-0.15, -0.1) is 0 Å². The van der Waals surface area contributed by atoms with Crippen LogP contribution >= 0.6 is 11.3 Å². The van der Waals surface area contributed by atoms with Crippen LogP contribution in [0.5, 0.6) is 0 Å². The Morgan fingerprint density at radius 1 is 1.22 bits per heavy atom. The normalized spacial score (nSPS) is 12.1. The first-order valence-corrected chi connectivity index (χ1v) is 7.90. The molecule has 92 valence electrons. The first kappa shape index (κ1) is 11.4. The van der Waals surface area contributed by atoms with E-state index in [9.17, 15) is 8.42 Å². The second-order valence-electron chi connectivity index (χ2n) is 3.89. The summed E-state index contributed by atoms with van der Waals surface area (Å²) in [7, 11) is -3.15. The molecule has 3 rings (SSSR count). The average molecular weight is 279 g/mol. The summed E-state index contributed by atoms with van der Waals surface area (Å²) in [6.07, 6.45) is 3.01. The predicted octanol–water partition coefficient (Wildman–Crippen LogP) is 1.86. The molecule has 18 heavy (non-hydrogen) atoms.